The first kappa shape index (κ1) is 17.4. The first-order chi connectivity index (χ1) is 9.31. The number of rotatable bonds is 7. The van der Waals surface area contributed by atoms with Gasteiger partial charge < -0.3 is 14.8 Å². The van der Waals surface area contributed by atoms with E-state index in [2.05, 4.69) is 5.32 Å². The quantitative estimate of drug-likeness (QED) is 0.758. The first-order valence-electron chi connectivity index (χ1n) is 5.64. The Bertz CT molecular complexity index is 569. The molecule has 20 heavy (non-hydrogen) atoms. The van der Waals surface area contributed by atoms with Gasteiger partial charge in [-0.2, -0.15) is 0 Å². The number of halogens is 1. The summed E-state index contributed by atoms with van der Waals surface area (Å²) in [5, 5.41) is 4.14. The number of thiophene rings is 1. The van der Waals surface area contributed by atoms with Crippen molar-refractivity contribution >= 4 is 37.0 Å². The first-order valence-corrected chi connectivity index (χ1v) is 8.82. The molecule has 1 rings (SSSR count). The Hall–Kier alpha value is -0.670. The Morgan fingerprint density at radius 2 is 2.15 bits per heavy atom. The number of hydrogen-bond acceptors (Lipinski definition) is 6. The van der Waals surface area contributed by atoms with Crippen LogP contribution in [-0.4, -0.2) is 47.8 Å². The van der Waals surface area contributed by atoms with E-state index in [0.29, 0.717) is 17.7 Å². The second-order valence-electron chi connectivity index (χ2n) is 4.02. The summed E-state index contributed by atoms with van der Waals surface area (Å²) >= 11 is 0.925. The SMILES string of the molecule is COCC(CNC(=O)c1csc(S(=O)(=O)Cl)c1C)OC. The van der Waals surface area contributed by atoms with Gasteiger partial charge in [0.15, 0.2) is 0 Å². The predicted molar refractivity (Wildman–Crippen MR) is 77.1 cm³/mol. The molecule has 0 saturated heterocycles. The number of ether oxygens (including phenoxy) is 2. The van der Waals surface area contributed by atoms with Gasteiger partial charge in [-0.05, 0) is 12.5 Å². The van der Waals surface area contributed by atoms with Crippen molar-refractivity contribution in [1.29, 1.82) is 0 Å². The van der Waals surface area contributed by atoms with Crippen LogP contribution >= 0.6 is 22.0 Å². The molecule has 0 saturated carbocycles. The van der Waals surface area contributed by atoms with Gasteiger partial charge in [0.2, 0.25) is 0 Å². The fraction of sp³-hybridized carbons (Fsp3) is 0.545. The van der Waals surface area contributed by atoms with Crippen LogP contribution in [0.4, 0.5) is 0 Å². The minimum atomic E-state index is -3.82. The van der Waals surface area contributed by atoms with Crippen molar-refractivity contribution in [3.05, 3.63) is 16.5 Å². The number of nitrogens with one attached hydrogen (secondary N) is 1. The lowest BCUT2D eigenvalue weighted by molar-refractivity contribution is 0.0285. The second-order valence-corrected chi connectivity index (χ2v) is 7.66. The molecule has 1 aromatic rings. The molecule has 6 nitrogen and oxygen atoms in total. The molecule has 0 aliphatic rings. The smallest absolute Gasteiger partial charge is 0.271 e. The summed E-state index contributed by atoms with van der Waals surface area (Å²) in [4.78, 5) is 12.0. The van der Waals surface area contributed by atoms with Crippen LogP contribution in [0, 0.1) is 6.92 Å². The molecule has 1 aromatic heterocycles. The Morgan fingerprint density at radius 3 is 2.60 bits per heavy atom. The standard InChI is InChI=1S/C11H16ClNO5S2/c1-7-9(6-19-11(7)20(12,15)16)10(14)13-4-8(18-3)5-17-2/h6,8H,4-5H2,1-3H3,(H,13,14). The van der Waals surface area contributed by atoms with E-state index in [1.54, 1.807) is 6.92 Å². The molecule has 0 aromatic carbocycles. The highest BCUT2D eigenvalue weighted by molar-refractivity contribution is 8.15. The molecule has 0 spiro atoms. The maximum absolute atomic E-state index is 12.0. The van der Waals surface area contributed by atoms with E-state index in [-0.39, 0.29) is 22.8 Å². The fourth-order valence-corrected chi connectivity index (χ4v) is 4.11. The van der Waals surface area contributed by atoms with Crippen molar-refractivity contribution in [3.63, 3.8) is 0 Å². The van der Waals surface area contributed by atoms with Gasteiger partial charge in [-0.1, -0.05) is 0 Å². The van der Waals surface area contributed by atoms with Crippen LogP contribution in [-0.2, 0) is 18.5 Å². The average Bonchev–Trinajstić information content (AvgIpc) is 2.75. The number of carbonyl (C=O) groups is 1. The molecule has 114 valence electrons. The van der Waals surface area contributed by atoms with Gasteiger partial charge in [0.25, 0.3) is 15.0 Å². The van der Waals surface area contributed by atoms with Crippen molar-refractivity contribution < 1.29 is 22.7 Å². The third kappa shape index (κ3) is 4.42. The number of carbonyl (C=O) groups excluding carboxylic acids is 1. The molecule has 0 aliphatic carbocycles. The van der Waals surface area contributed by atoms with Crippen LogP contribution in [0.15, 0.2) is 9.59 Å². The van der Waals surface area contributed by atoms with Crippen LogP contribution in [0.25, 0.3) is 0 Å². The van der Waals surface area contributed by atoms with Crippen LogP contribution in [0.3, 0.4) is 0 Å². The summed E-state index contributed by atoms with van der Waals surface area (Å²) in [6, 6.07) is 0. The maximum atomic E-state index is 12.0. The maximum Gasteiger partial charge on any atom is 0.271 e. The molecule has 0 bridgehead atoms. The topological polar surface area (TPSA) is 81.7 Å². The van der Waals surface area contributed by atoms with Gasteiger partial charge >= 0.3 is 0 Å². The Kier molecular flexibility index (Phi) is 6.41. The summed E-state index contributed by atoms with van der Waals surface area (Å²) < 4.78 is 32.6. The van der Waals surface area contributed by atoms with E-state index in [0.717, 1.165) is 11.3 Å². The molecule has 0 fully saturated rings. The second kappa shape index (κ2) is 7.37. The van der Waals surface area contributed by atoms with Gasteiger partial charge in [0.1, 0.15) is 4.21 Å². The largest absolute Gasteiger partial charge is 0.382 e. The summed E-state index contributed by atoms with van der Waals surface area (Å²) in [5.41, 5.74) is 0.643. The molecular formula is C11H16ClNO5S2. The summed E-state index contributed by atoms with van der Waals surface area (Å²) in [6.07, 6.45) is -0.265. The van der Waals surface area contributed by atoms with E-state index in [9.17, 15) is 13.2 Å². The van der Waals surface area contributed by atoms with Crippen molar-refractivity contribution in [3.8, 4) is 0 Å². The molecular weight excluding hydrogens is 326 g/mol. The lowest BCUT2D eigenvalue weighted by atomic mass is 10.2. The monoisotopic (exact) mass is 341 g/mol. The average molecular weight is 342 g/mol. The van der Waals surface area contributed by atoms with Gasteiger partial charge in [0, 0.05) is 36.8 Å². The minimum Gasteiger partial charge on any atom is -0.382 e. The lowest BCUT2D eigenvalue weighted by Gasteiger charge is -2.14. The van der Waals surface area contributed by atoms with E-state index in [1.807, 2.05) is 0 Å². The number of methoxy groups -OCH3 is 2. The predicted octanol–water partition coefficient (Wildman–Crippen LogP) is 1.38. The van der Waals surface area contributed by atoms with Gasteiger partial charge in [-0.25, -0.2) is 8.42 Å². The molecule has 0 aliphatic heterocycles. The fourth-order valence-electron chi connectivity index (χ4n) is 1.56. The molecule has 0 radical (unpaired) electrons. The molecule has 1 N–H and O–H groups in total. The zero-order valence-electron chi connectivity index (χ0n) is 11.3. The number of amides is 1. The Labute approximate surface area is 126 Å². The highest BCUT2D eigenvalue weighted by atomic mass is 35.7. The summed E-state index contributed by atoms with van der Waals surface area (Å²) in [7, 11) is 4.52. The minimum absolute atomic E-state index is 0.00972. The van der Waals surface area contributed by atoms with Crippen molar-refractivity contribution in [2.75, 3.05) is 27.4 Å². The zero-order valence-corrected chi connectivity index (χ0v) is 13.7. The normalized spacial score (nSPS) is 13.2. The van der Waals surface area contributed by atoms with Crippen LogP contribution in [0.5, 0.6) is 0 Å². The molecule has 1 heterocycles. The van der Waals surface area contributed by atoms with Crippen molar-refractivity contribution in [1.82, 2.24) is 5.32 Å². The van der Waals surface area contributed by atoms with E-state index < -0.39 is 9.05 Å². The van der Waals surface area contributed by atoms with E-state index in [1.165, 1.54) is 19.6 Å². The van der Waals surface area contributed by atoms with E-state index in [4.69, 9.17) is 20.2 Å². The van der Waals surface area contributed by atoms with E-state index >= 15 is 0 Å². The van der Waals surface area contributed by atoms with Crippen LogP contribution in [0.1, 0.15) is 15.9 Å². The van der Waals surface area contributed by atoms with Gasteiger partial charge in [0.05, 0.1) is 18.3 Å². The van der Waals surface area contributed by atoms with Crippen LogP contribution in [0.2, 0.25) is 0 Å². The zero-order chi connectivity index (χ0) is 15.3. The van der Waals surface area contributed by atoms with Gasteiger partial charge in [-0.3, -0.25) is 4.79 Å². The summed E-state index contributed by atoms with van der Waals surface area (Å²) in [6.45, 7) is 2.16. The third-order valence-electron chi connectivity index (χ3n) is 2.64. The molecule has 1 atom stereocenters. The van der Waals surface area contributed by atoms with Gasteiger partial charge in [-0.15, -0.1) is 11.3 Å². The van der Waals surface area contributed by atoms with Crippen LogP contribution < -0.4 is 5.32 Å². The molecule has 9 heteroatoms. The molecule has 1 unspecified atom stereocenters. The van der Waals surface area contributed by atoms with Crippen molar-refractivity contribution in [2.45, 2.75) is 17.2 Å². The lowest BCUT2D eigenvalue weighted by Crippen LogP contribution is -2.35. The Morgan fingerprint density at radius 1 is 1.50 bits per heavy atom. The number of hydrogen-bond donors (Lipinski definition) is 1. The molecule has 1 amide bonds. The summed E-state index contributed by atoms with van der Waals surface area (Å²) in [5.74, 6) is -0.372. The highest BCUT2D eigenvalue weighted by Crippen LogP contribution is 2.29. The van der Waals surface area contributed by atoms with Crippen molar-refractivity contribution in [2.24, 2.45) is 0 Å². The highest BCUT2D eigenvalue weighted by Gasteiger charge is 2.22. The third-order valence-corrected chi connectivity index (χ3v) is 5.94. The Balaban J connectivity index is 2.77.